The highest BCUT2D eigenvalue weighted by Crippen LogP contribution is 2.21. The Hall–Kier alpha value is -1.57. The standard InChI is InChI=1S/C19H26ClN3O3S/c20-17-6-8-18(9-7-17)27(25,26)23-14-12-22(13-15-23)19(24)21-11-10-16-4-2-1-3-5-16/h4,6-9H,1-3,5,10-15H2,(H,21,24). The number of nitrogens with zero attached hydrogens (tertiary/aromatic N) is 2. The largest absolute Gasteiger partial charge is 0.338 e. The normalized spacial score (nSPS) is 18.9. The molecule has 8 heteroatoms. The van der Waals surface area contributed by atoms with Crippen molar-refractivity contribution in [3.8, 4) is 0 Å². The molecule has 0 saturated carbocycles. The van der Waals surface area contributed by atoms with E-state index in [0.717, 1.165) is 19.3 Å². The van der Waals surface area contributed by atoms with E-state index in [-0.39, 0.29) is 10.9 Å². The number of carbonyl (C=O) groups is 1. The maximum absolute atomic E-state index is 12.7. The average Bonchev–Trinajstić information content (AvgIpc) is 2.69. The Labute approximate surface area is 166 Å². The van der Waals surface area contributed by atoms with Crippen LogP contribution >= 0.6 is 11.6 Å². The predicted molar refractivity (Wildman–Crippen MR) is 106 cm³/mol. The molecule has 0 bridgehead atoms. The number of hydrogen-bond acceptors (Lipinski definition) is 3. The number of hydrogen-bond donors (Lipinski definition) is 1. The zero-order chi connectivity index (χ0) is 19.3. The highest BCUT2D eigenvalue weighted by atomic mass is 35.5. The smallest absolute Gasteiger partial charge is 0.317 e. The number of halogens is 1. The van der Waals surface area contributed by atoms with E-state index in [0.29, 0.717) is 37.7 Å². The van der Waals surface area contributed by atoms with Crippen LogP contribution in [0.4, 0.5) is 4.79 Å². The number of benzene rings is 1. The first-order valence-electron chi connectivity index (χ1n) is 9.43. The van der Waals surface area contributed by atoms with Crippen LogP contribution in [0.25, 0.3) is 0 Å². The van der Waals surface area contributed by atoms with Crippen LogP contribution in [0.15, 0.2) is 40.8 Å². The van der Waals surface area contributed by atoms with E-state index in [1.165, 1.54) is 34.9 Å². The van der Waals surface area contributed by atoms with E-state index in [1.54, 1.807) is 17.0 Å². The van der Waals surface area contributed by atoms with Gasteiger partial charge in [-0.05, 0) is 56.4 Å². The first kappa shape index (κ1) is 20.2. The van der Waals surface area contributed by atoms with Gasteiger partial charge in [0.1, 0.15) is 0 Å². The quantitative estimate of drug-likeness (QED) is 0.756. The molecule has 0 spiro atoms. The van der Waals surface area contributed by atoms with Crippen LogP contribution in [-0.2, 0) is 10.0 Å². The highest BCUT2D eigenvalue weighted by Gasteiger charge is 2.30. The van der Waals surface area contributed by atoms with E-state index in [1.807, 2.05) is 0 Å². The molecule has 1 aromatic rings. The lowest BCUT2D eigenvalue weighted by Crippen LogP contribution is -2.53. The molecule has 0 aromatic heterocycles. The molecule has 6 nitrogen and oxygen atoms in total. The summed E-state index contributed by atoms with van der Waals surface area (Å²) in [5.74, 6) is 0. The summed E-state index contributed by atoms with van der Waals surface area (Å²) >= 11 is 5.83. The van der Waals surface area contributed by atoms with Crippen molar-refractivity contribution in [2.24, 2.45) is 0 Å². The second-order valence-electron chi connectivity index (χ2n) is 6.94. The van der Waals surface area contributed by atoms with Gasteiger partial charge in [0.2, 0.25) is 10.0 Å². The number of rotatable bonds is 5. The summed E-state index contributed by atoms with van der Waals surface area (Å²) in [6, 6.07) is 6.04. The summed E-state index contributed by atoms with van der Waals surface area (Å²) in [6.45, 7) is 2.00. The minimum Gasteiger partial charge on any atom is -0.338 e. The Kier molecular flexibility index (Phi) is 6.78. The molecule has 1 fully saturated rings. The van der Waals surface area contributed by atoms with Crippen molar-refractivity contribution in [2.45, 2.75) is 37.0 Å². The molecule has 1 N–H and O–H groups in total. The number of nitrogens with one attached hydrogen (secondary N) is 1. The first-order chi connectivity index (χ1) is 13.0. The van der Waals surface area contributed by atoms with Gasteiger partial charge in [-0.3, -0.25) is 0 Å². The van der Waals surface area contributed by atoms with Crippen molar-refractivity contribution >= 4 is 27.7 Å². The van der Waals surface area contributed by atoms with Crippen molar-refractivity contribution < 1.29 is 13.2 Å². The zero-order valence-corrected chi connectivity index (χ0v) is 16.9. The fourth-order valence-electron chi connectivity index (χ4n) is 3.46. The van der Waals surface area contributed by atoms with Gasteiger partial charge < -0.3 is 10.2 Å². The molecule has 1 saturated heterocycles. The fourth-order valence-corrected chi connectivity index (χ4v) is 5.01. The van der Waals surface area contributed by atoms with E-state index in [9.17, 15) is 13.2 Å². The Morgan fingerprint density at radius 2 is 1.78 bits per heavy atom. The Morgan fingerprint density at radius 1 is 1.07 bits per heavy atom. The molecule has 0 radical (unpaired) electrons. The van der Waals surface area contributed by atoms with Crippen LogP contribution < -0.4 is 5.32 Å². The highest BCUT2D eigenvalue weighted by molar-refractivity contribution is 7.89. The molecule has 2 amide bonds. The molecule has 1 heterocycles. The molecule has 1 aliphatic carbocycles. The lowest BCUT2D eigenvalue weighted by Gasteiger charge is -2.34. The van der Waals surface area contributed by atoms with Gasteiger partial charge in [0.15, 0.2) is 0 Å². The van der Waals surface area contributed by atoms with Gasteiger partial charge >= 0.3 is 6.03 Å². The van der Waals surface area contributed by atoms with Crippen molar-refractivity contribution in [2.75, 3.05) is 32.7 Å². The maximum atomic E-state index is 12.7. The summed E-state index contributed by atoms with van der Waals surface area (Å²) in [5.41, 5.74) is 1.43. The Morgan fingerprint density at radius 3 is 2.41 bits per heavy atom. The molecular formula is C19H26ClN3O3S. The van der Waals surface area contributed by atoms with Gasteiger partial charge in [0, 0.05) is 37.7 Å². The Balaban J connectivity index is 1.47. The van der Waals surface area contributed by atoms with E-state index < -0.39 is 10.0 Å². The van der Waals surface area contributed by atoms with Crippen LogP contribution in [0, 0.1) is 0 Å². The topological polar surface area (TPSA) is 69.7 Å². The third-order valence-corrected chi connectivity index (χ3v) is 7.25. The van der Waals surface area contributed by atoms with Crippen LogP contribution in [0.5, 0.6) is 0 Å². The molecule has 3 rings (SSSR count). The van der Waals surface area contributed by atoms with Gasteiger partial charge in [-0.25, -0.2) is 13.2 Å². The van der Waals surface area contributed by atoms with Crippen LogP contribution in [-0.4, -0.2) is 56.4 Å². The van der Waals surface area contributed by atoms with Crippen molar-refractivity contribution in [3.05, 3.63) is 40.9 Å². The second-order valence-corrected chi connectivity index (χ2v) is 9.31. The summed E-state index contributed by atoms with van der Waals surface area (Å²) in [6.07, 6.45) is 7.97. The van der Waals surface area contributed by atoms with Gasteiger partial charge in [0.25, 0.3) is 0 Å². The summed E-state index contributed by atoms with van der Waals surface area (Å²) < 4.78 is 26.8. The summed E-state index contributed by atoms with van der Waals surface area (Å²) in [5, 5.41) is 3.45. The molecular weight excluding hydrogens is 386 g/mol. The van der Waals surface area contributed by atoms with Crippen LogP contribution in [0.1, 0.15) is 32.1 Å². The number of amides is 2. The maximum Gasteiger partial charge on any atom is 0.317 e. The number of sulfonamides is 1. The predicted octanol–water partition coefficient (Wildman–Crippen LogP) is 3.25. The zero-order valence-electron chi connectivity index (χ0n) is 15.4. The first-order valence-corrected chi connectivity index (χ1v) is 11.2. The lowest BCUT2D eigenvalue weighted by atomic mass is 9.97. The number of urea groups is 1. The monoisotopic (exact) mass is 411 g/mol. The minimum absolute atomic E-state index is 0.116. The van der Waals surface area contributed by atoms with Crippen molar-refractivity contribution in [3.63, 3.8) is 0 Å². The van der Waals surface area contributed by atoms with Gasteiger partial charge in [0.05, 0.1) is 4.90 Å². The van der Waals surface area contributed by atoms with Gasteiger partial charge in [-0.1, -0.05) is 23.3 Å². The van der Waals surface area contributed by atoms with Gasteiger partial charge in [-0.2, -0.15) is 4.31 Å². The molecule has 2 aliphatic rings. The molecule has 27 heavy (non-hydrogen) atoms. The van der Waals surface area contributed by atoms with E-state index >= 15 is 0 Å². The van der Waals surface area contributed by atoms with Gasteiger partial charge in [-0.15, -0.1) is 0 Å². The molecule has 0 atom stereocenters. The van der Waals surface area contributed by atoms with Crippen molar-refractivity contribution in [1.29, 1.82) is 0 Å². The average molecular weight is 412 g/mol. The molecule has 148 valence electrons. The molecule has 0 unspecified atom stereocenters. The van der Waals surface area contributed by atoms with E-state index in [2.05, 4.69) is 11.4 Å². The minimum atomic E-state index is -3.55. The van der Waals surface area contributed by atoms with Crippen molar-refractivity contribution in [1.82, 2.24) is 14.5 Å². The fraction of sp³-hybridized carbons (Fsp3) is 0.526. The Bertz CT molecular complexity index is 785. The third-order valence-electron chi connectivity index (χ3n) is 5.08. The number of carbonyl (C=O) groups excluding carboxylic acids is 1. The third kappa shape index (κ3) is 5.24. The summed E-state index contributed by atoms with van der Waals surface area (Å²) in [7, 11) is -3.55. The molecule has 1 aromatic carbocycles. The summed E-state index contributed by atoms with van der Waals surface area (Å²) in [4.78, 5) is 14.2. The lowest BCUT2D eigenvalue weighted by molar-refractivity contribution is 0.172. The molecule has 1 aliphatic heterocycles. The SMILES string of the molecule is O=C(NCCC1=CCCCC1)N1CCN(S(=O)(=O)c2ccc(Cl)cc2)CC1. The van der Waals surface area contributed by atoms with E-state index in [4.69, 9.17) is 11.6 Å². The number of allylic oxidation sites excluding steroid dienone is 1. The van der Waals surface area contributed by atoms with Crippen LogP contribution in [0.3, 0.4) is 0 Å². The number of piperazine rings is 1. The van der Waals surface area contributed by atoms with Crippen LogP contribution in [0.2, 0.25) is 5.02 Å². The second kappa shape index (κ2) is 9.08.